The topological polar surface area (TPSA) is 32.3 Å². The number of fused-ring (bicyclic) bond motifs is 2. The van der Waals surface area contributed by atoms with Gasteiger partial charge in [0.25, 0.3) is 0 Å². The lowest BCUT2D eigenvalue weighted by atomic mass is 9.98. The molecular weight excluding hydrogens is 344 g/mol. The van der Waals surface area contributed by atoms with Crippen molar-refractivity contribution in [3.63, 3.8) is 0 Å². The Bertz CT molecular complexity index is 1160. The fourth-order valence-electron chi connectivity index (χ4n) is 4.30. The van der Waals surface area contributed by atoms with Gasteiger partial charge in [0.15, 0.2) is 0 Å². The van der Waals surface area contributed by atoms with Crippen LogP contribution in [0.15, 0.2) is 84.9 Å². The minimum atomic E-state index is 0.0261. The number of rotatable bonds is 4. The molecule has 4 aromatic carbocycles. The Labute approximate surface area is 164 Å². The van der Waals surface area contributed by atoms with E-state index >= 15 is 0 Å². The zero-order valence-corrected chi connectivity index (χ0v) is 15.6. The summed E-state index contributed by atoms with van der Waals surface area (Å²) >= 11 is 0. The SMILES string of the molecule is O=C1NCC(Cc2cccc3ccccc23)N1Cc1cccc2ccccc12. The van der Waals surface area contributed by atoms with Crippen LogP contribution in [0.1, 0.15) is 11.1 Å². The number of nitrogens with one attached hydrogen (secondary N) is 1. The fraction of sp³-hybridized carbons (Fsp3) is 0.160. The summed E-state index contributed by atoms with van der Waals surface area (Å²) < 4.78 is 0. The third-order valence-electron chi connectivity index (χ3n) is 5.75. The van der Waals surface area contributed by atoms with Crippen LogP contribution in [0.2, 0.25) is 0 Å². The van der Waals surface area contributed by atoms with Crippen LogP contribution in [0.3, 0.4) is 0 Å². The minimum Gasteiger partial charge on any atom is -0.336 e. The van der Waals surface area contributed by atoms with Crippen LogP contribution in [0.25, 0.3) is 21.5 Å². The molecule has 138 valence electrons. The van der Waals surface area contributed by atoms with Gasteiger partial charge in [0.1, 0.15) is 0 Å². The van der Waals surface area contributed by atoms with Crippen LogP contribution in [0.5, 0.6) is 0 Å². The first-order valence-electron chi connectivity index (χ1n) is 9.77. The molecule has 1 saturated heterocycles. The molecule has 4 aromatic rings. The van der Waals surface area contributed by atoms with Crippen LogP contribution in [-0.4, -0.2) is 23.5 Å². The lowest BCUT2D eigenvalue weighted by Crippen LogP contribution is -2.35. The predicted octanol–water partition coefficient (Wildman–Crippen LogP) is 5.13. The van der Waals surface area contributed by atoms with Crippen molar-refractivity contribution in [1.29, 1.82) is 0 Å². The van der Waals surface area contributed by atoms with Crippen molar-refractivity contribution < 1.29 is 4.79 Å². The maximum absolute atomic E-state index is 12.6. The van der Waals surface area contributed by atoms with Gasteiger partial charge in [-0.2, -0.15) is 0 Å². The van der Waals surface area contributed by atoms with Crippen molar-refractivity contribution in [2.24, 2.45) is 0 Å². The number of carbonyl (C=O) groups excluding carboxylic acids is 1. The summed E-state index contributed by atoms with van der Waals surface area (Å²) in [4.78, 5) is 14.6. The van der Waals surface area contributed by atoms with E-state index in [0.29, 0.717) is 13.1 Å². The van der Waals surface area contributed by atoms with E-state index in [0.717, 1.165) is 6.42 Å². The fourth-order valence-corrected chi connectivity index (χ4v) is 4.30. The molecule has 3 nitrogen and oxygen atoms in total. The normalized spacial score (nSPS) is 16.6. The zero-order chi connectivity index (χ0) is 18.9. The third kappa shape index (κ3) is 2.99. The highest BCUT2D eigenvalue weighted by atomic mass is 16.2. The summed E-state index contributed by atoms with van der Waals surface area (Å²) in [7, 11) is 0. The smallest absolute Gasteiger partial charge is 0.318 e. The van der Waals surface area contributed by atoms with Crippen LogP contribution >= 0.6 is 0 Å². The number of carbonyl (C=O) groups is 1. The van der Waals surface area contributed by atoms with Crippen molar-refractivity contribution in [3.05, 3.63) is 96.1 Å². The lowest BCUT2D eigenvalue weighted by Gasteiger charge is -2.24. The molecule has 2 amide bonds. The summed E-state index contributed by atoms with van der Waals surface area (Å²) in [5.74, 6) is 0. The molecule has 0 radical (unpaired) electrons. The van der Waals surface area contributed by atoms with Gasteiger partial charge in [0, 0.05) is 13.1 Å². The van der Waals surface area contributed by atoms with E-state index in [4.69, 9.17) is 0 Å². The Morgan fingerprint density at radius 2 is 1.32 bits per heavy atom. The molecule has 3 heteroatoms. The Hall–Kier alpha value is -3.33. The first-order chi connectivity index (χ1) is 13.8. The number of benzene rings is 4. The highest BCUT2D eigenvalue weighted by Crippen LogP contribution is 2.25. The van der Waals surface area contributed by atoms with E-state index in [1.165, 1.54) is 32.7 Å². The van der Waals surface area contributed by atoms with Crippen LogP contribution in [-0.2, 0) is 13.0 Å². The summed E-state index contributed by atoms with van der Waals surface area (Å²) in [5.41, 5.74) is 2.49. The Morgan fingerprint density at radius 1 is 0.750 bits per heavy atom. The summed E-state index contributed by atoms with van der Waals surface area (Å²) in [6.45, 7) is 1.31. The standard InChI is InChI=1S/C25H22N2O/c28-25-26-16-22(15-20-11-5-9-18-7-1-3-13-23(18)20)27(25)17-21-12-6-10-19-8-2-4-14-24(19)21/h1-14,22H,15-17H2,(H,26,28). The van der Waals surface area contributed by atoms with E-state index < -0.39 is 0 Å². The minimum absolute atomic E-state index is 0.0261. The highest BCUT2D eigenvalue weighted by Gasteiger charge is 2.31. The molecule has 1 unspecified atom stereocenters. The van der Waals surface area contributed by atoms with Gasteiger partial charge in [-0.1, -0.05) is 84.9 Å². The molecule has 0 spiro atoms. The monoisotopic (exact) mass is 366 g/mol. The molecule has 0 aromatic heterocycles. The van der Waals surface area contributed by atoms with Gasteiger partial charge >= 0.3 is 6.03 Å². The van der Waals surface area contributed by atoms with E-state index in [-0.39, 0.29) is 12.1 Å². The van der Waals surface area contributed by atoms with E-state index in [2.05, 4.69) is 90.2 Å². The largest absolute Gasteiger partial charge is 0.336 e. The molecule has 1 heterocycles. The van der Waals surface area contributed by atoms with Gasteiger partial charge in [-0.15, -0.1) is 0 Å². The van der Waals surface area contributed by atoms with Crippen molar-refractivity contribution in [2.45, 2.75) is 19.0 Å². The molecule has 1 aliphatic heterocycles. The maximum Gasteiger partial charge on any atom is 0.318 e. The van der Waals surface area contributed by atoms with Gasteiger partial charge in [0.05, 0.1) is 6.04 Å². The second-order valence-electron chi connectivity index (χ2n) is 7.45. The second-order valence-corrected chi connectivity index (χ2v) is 7.45. The summed E-state index contributed by atoms with van der Waals surface area (Å²) in [6.07, 6.45) is 0.852. The molecule has 1 N–H and O–H groups in total. The average molecular weight is 366 g/mol. The summed E-state index contributed by atoms with van der Waals surface area (Å²) in [5, 5.41) is 7.99. The van der Waals surface area contributed by atoms with Crippen LogP contribution in [0, 0.1) is 0 Å². The van der Waals surface area contributed by atoms with E-state index in [1.54, 1.807) is 0 Å². The van der Waals surface area contributed by atoms with Crippen LogP contribution in [0.4, 0.5) is 4.79 Å². The second kappa shape index (κ2) is 7.01. The molecule has 0 saturated carbocycles. The first-order valence-corrected chi connectivity index (χ1v) is 9.77. The average Bonchev–Trinajstić information content (AvgIpc) is 3.08. The van der Waals surface area contributed by atoms with Gasteiger partial charge in [0.2, 0.25) is 0 Å². The predicted molar refractivity (Wildman–Crippen MR) is 114 cm³/mol. The molecule has 1 fully saturated rings. The van der Waals surface area contributed by atoms with Crippen molar-refractivity contribution in [1.82, 2.24) is 10.2 Å². The van der Waals surface area contributed by atoms with Crippen molar-refractivity contribution >= 4 is 27.6 Å². The van der Waals surface area contributed by atoms with E-state index in [9.17, 15) is 4.79 Å². The molecular formula is C25H22N2O. The lowest BCUT2D eigenvalue weighted by molar-refractivity contribution is 0.200. The molecule has 5 rings (SSSR count). The molecule has 0 aliphatic carbocycles. The first kappa shape index (κ1) is 16.8. The van der Waals surface area contributed by atoms with Gasteiger partial charge in [-0.25, -0.2) is 4.79 Å². The van der Waals surface area contributed by atoms with Gasteiger partial charge in [-0.05, 0) is 39.1 Å². The third-order valence-corrected chi connectivity index (χ3v) is 5.75. The van der Waals surface area contributed by atoms with Gasteiger partial charge < -0.3 is 10.2 Å². The van der Waals surface area contributed by atoms with E-state index in [1.807, 2.05) is 4.90 Å². The van der Waals surface area contributed by atoms with Crippen molar-refractivity contribution in [3.8, 4) is 0 Å². The number of hydrogen-bond acceptors (Lipinski definition) is 1. The van der Waals surface area contributed by atoms with Crippen LogP contribution < -0.4 is 5.32 Å². The van der Waals surface area contributed by atoms with Gasteiger partial charge in [-0.3, -0.25) is 0 Å². The van der Waals surface area contributed by atoms with Crippen molar-refractivity contribution in [2.75, 3.05) is 6.54 Å². The Morgan fingerprint density at radius 3 is 2.04 bits per heavy atom. The Balaban J connectivity index is 1.46. The molecule has 28 heavy (non-hydrogen) atoms. The molecule has 1 aliphatic rings. The molecule has 1 atom stereocenters. The number of amides is 2. The molecule has 0 bridgehead atoms. The number of hydrogen-bond donors (Lipinski definition) is 1. The zero-order valence-electron chi connectivity index (χ0n) is 15.6. The highest BCUT2D eigenvalue weighted by molar-refractivity contribution is 5.87. The maximum atomic E-state index is 12.6. The quantitative estimate of drug-likeness (QED) is 0.533. The Kier molecular flexibility index (Phi) is 4.21. The number of nitrogens with zero attached hydrogens (tertiary/aromatic N) is 1. The number of urea groups is 1. The summed E-state index contributed by atoms with van der Waals surface area (Å²) in [6, 6.07) is 29.8.